The van der Waals surface area contributed by atoms with Gasteiger partial charge in [-0.2, -0.15) is 10.1 Å². The average molecular weight is 215 g/mol. The number of fused-ring (bicyclic) bond motifs is 1. The van der Waals surface area contributed by atoms with E-state index in [1.165, 1.54) is 6.34 Å². The van der Waals surface area contributed by atoms with Crippen LogP contribution in [0, 0.1) is 0 Å². The van der Waals surface area contributed by atoms with E-state index in [1.807, 2.05) is 19.3 Å². The summed E-state index contributed by atoms with van der Waals surface area (Å²) in [5.41, 5.74) is 0.488. The van der Waals surface area contributed by atoms with Crippen molar-refractivity contribution in [1.29, 1.82) is 0 Å². The van der Waals surface area contributed by atoms with Gasteiger partial charge in [-0.1, -0.05) is 0 Å². The Morgan fingerprint density at radius 2 is 2.19 bits per heavy atom. The largest absolute Gasteiger partial charge is 0.282 e. The van der Waals surface area contributed by atoms with Gasteiger partial charge in [-0.3, -0.25) is 9.48 Å². The second kappa shape index (κ2) is 4.43. The van der Waals surface area contributed by atoms with E-state index in [0.717, 1.165) is 0 Å². The second-order valence-electron chi connectivity index (χ2n) is 3.04. The highest BCUT2D eigenvalue weighted by atomic mass is 16.1. The molecule has 1 aromatic heterocycles. The molecule has 80 valence electrons. The van der Waals surface area contributed by atoms with Crippen LogP contribution in [0.1, 0.15) is 0 Å². The fraction of sp³-hybridized carbons (Fsp3) is 0.100. The van der Waals surface area contributed by atoms with Gasteiger partial charge in [-0.05, 0) is 12.1 Å². The quantitative estimate of drug-likeness (QED) is 0.627. The Balaban J connectivity index is 0.000000138. The molecule has 1 aromatic rings. The molecule has 0 fully saturated rings. The Morgan fingerprint density at radius 1 is 1.31 bits per heavy atom. The first-order valence-electron chi connectivity index (χ1n) is 4.60. The third-order valence-electron chi connectivity index (χ3n) is 1.90. The van der Waals surface area contributed by atoms with Crippen molar-refractivity contribution < 1.29 is 4.79 Å². The summed E-state index contributed by atoms with van der Waals surface area (Å²) >= 11 is 0. The lowest BCUT2D eigenvalue weighted by Gasteiger charge is -1.98. The molecule has 0 radical (unpaired) electrons. The minimum atomic E-state index is -0.262. The molecule has 0 N–H and O–H groups in total. The van der Waals surface area contributed by atoms with Gasteiger partial charge >= 0.3 is 0 Å². The van der Waals surface area contributed by atoms with Crippen LogP contribution in [0.3, 0.4) is 0 Å². The fourth-order valence-corrected chi connectivity index (χ4v) is 1.15. The number of carbonyl (C=O) groups excluding carboxylic acids is 1. The molecule has 0 bridgehead atoms. The first-order chi connectivity index (χ1) is 7.77. The molecule has 3 heterocycles. The van der Waals surface area contributed by atoms with Gasteiger partial charge in [-0.25, -0.2) is 9.98 Å². The van der Waals surface area contributed by atoms with E-state index in [1.54, 1.807) is 23.2 Å². The first-order valence-corrected chi connectivity index (χ1v) is 4.60. The lowest BCUT2D eigenvalue weighted by molar-refractivity contribution is -0.113. The zero-order valence-corrected chi connectivity index (χ0v) is 8.61. The Morgan fingerprint density at radius 3 is 2.75 bits per heavy atom. The summed E-state index contributed by atoms with van der Waals surface area (Å²) in [6, 6.07) is 1.89. The topological polar surface area (TPSA) is 72.0 Å². The number of rotatable bonds is 0. The predicted octanol–water partition coefficient (Wildman–Crippen LogP) is 0.384. The van der Waals surface area contributed by atoms with Gasteiger partial charge in [0.25, 0.3) is 5.91 Å². The molecular formula is C10H9N5O. The Labute approximate surface area is 91.7 Å². The SMILES string of the molecule is Cn1cccn1.O=C1N=CN=C2N=CC=C12. The molecule has 0 saturated heterocycles. The number of nitrogens with zero attached hydrogens (tertiary/aromatic N) is 5. The van der Waals surface area contributed by atoms with Crippen LogP contribution in [0.15, 0.2) is 45.1 Å². The predicted molar refractivity (Wildman–Crippen MR) is 60.7 cm³/mol. The molecule has 16 heavy (non-hydrogen) atoms. The number of aliphatic imine (C=N–C) groups is 3. The highest BCUT2D eigenvalue weighted by molar-refractivity contribution is 6.31. The number of aromatic nitrogens is 2. The molecule has 0 spiro atoms. The Hall–Kier alpha value is -2.37. The minimum Gasteiger partial charge on any atom is -0.276 e. The van der Waals surface area contributed by atoms with Crippen molar-refractivity contribution in [1.82, 2.24) is 9.78 Å². The maximum absolute atomic E-state index is 10.8. The monoisotopic (exact) mass is 215 g/mol. The zero-order chi connectivity index (χ0) is 11.4. The highest BCUT2D eigenvalue weighted by Crippen LogP contribution is 2.09. The van der Waals surface area contributed by atoms with Crippen LogP contribution < -0.4 is 0 Å². The summed E-state index contributed by atoms with van der Waals surface area (Å²) in [7, 11) is 1.89. The number of amides is 1. The summed E-state index contributed by atoms with van der Waals surface area (Å²) in [5, 5.41) is 3.83. The lowest BCUT2D eigenvalue weighted by atomic mass is 10.2. The van der Waals surface area contributed by atoms with E-state index in [-0.39, 0.29) is 5.91 Å². The van der Waals surface area contributed by atoms with Crippen molar-refractivity contribution in [2.24, 2.45) is 22.0 Å². The number of carbonyl (C=O) groups is 1. The van der Waals surface area contributed by atoms with Crippen LogP contribution in [0.5, 0.6) is 0 Å². The molecular weight excluding hydrogens is 206 g/mol. The molecule has 3 rings (SSSR count). The average Bonchev–Trinajstić information content (AvgIpc) is 2.90. The minimum absolute atomic E-state index is 0.262. The molecule has 2 aliphatic heterocycles. The van der Waals surface area contributed by atoms with E-state index in [0.29, 0.717) is 11.4 Å². The normalized spacial score (nSPS) is 16.2. The van der Waals surface area contributed by atoms with E-state index in [4.69, 9.17) is 0 Å². The van der Waals surface area contributed by atoms with Crippen LogP contribution in [0.4, 0.5) is 0 Å². The first kappa shape index (κ1) is 10.2. The van der Waals surface area contributed by atoms with Crippen molar-refractivity contribution in [3.63, 3.8) is 0 Å². The van der Waals surface area contributed by atoms with E-state index < -0.39 is 0 Å². The van der Waals surface area contributed by atoms with Gasteiger partial charge < -0.3 is 0 Å². The van der Waals surface area contributed by atoms with Crippen LogP contribution in [-0.4, -0.2) is 34.1 Å². The molecule has 6 heteroatoms. The molecule has 0 atom stereocenters. The van der Waals surface area contributed by atoms with Gasteiger partial charge in [0.15, 0.2) is 5.84 Å². The van der Waals surface area contributed by atoms with Crippen LogP contribution in [-0.2, 0) is 11.8 Å². The van der Waals surface area contributed by atoms with Gasteiger partial charge in [0.2, 0.25) is 0 Å². The van der Waals surface area contributed by atoms with Crippen molar-refractivity contribution in [2.45, 2.75) is 0 Å². The highest BCUT2D eigenvalue weighted by Gasteiger charge is 2.19. The summed E-state index contributed by atoms with van der Waals surface area (Å²) < 4.78 is 1.75. The van der Waals surface area contributed by atoms with Gasteiger partial charge in [0.05, 0.1) is 5.57 Å². The van der Waals surface area contributed by atoms with Crippen molar-refractivity contribution in [3.05, 3.63) is 30.1 Å². The molecule has 0 aliphatic carbocycles. The third-order valence-corrected chi connectivity index (χ3v) is 1.90. The fourth-order valence-electron chi connectivity index (χ4n) is 1.15. The summed E-state index contributed by atoms with van der Waals surface area (Å²) in [4.78, 5) is 21.9. The van der Waals surface area contributed by atoms with E-state index in [9.17, 15) is 4.79 Å². The maximum atomic E-state index is 10.8. The maximum Gasteiger partial charge on any atom is 0.282 e. The Bertz CT molecular complexity index is 501. The lowest BCUT2D eigenvalue weighted by Crippen LogP contribution is -2.10. The smallest absolute Gasteiger partial charge is 0.276 e. The van der Waals surface area contributed by atoms with Gasteiger partial charge in [0.1, 0.15) is 6.34 Å². The molecule has 2 aliphatic rings. The van der Waals surface area contributed by atoms with Crippen LogP contribution in [0.25, 0.3) is 0 Å². The molecule has 0 saturated carbocycles. The molecule has 0 unspecified atom stereocenters. The van der Waals surface area contributed by atoms with Crippen LogP contribution in [0.2, 0.25) is 0 Å². The number of hydrogen-bond donors (Lipinski definition) is 0. The third kappa shape index (κ3) is 2.17. The van der Waals surface area contributed by atoms with Gasteiger partial charge in [-0.15, -0.1) is 0 Å². The Kier molecular flexibility index (Phi) is 2.81. The summed E-state index contributed by atoms with van der Waals surface area (Å²) in [6.07, 6.45) is 8.01. The number of aryl methyl sites for hydroxylation is 1. The summed E-state index contributed by atoms with van der Waals surface area (Å²) in [5.74, 6) is 0.211. The van der Waals surface area contributed by atoms with E-state index in [2.05, 4.69) is 20.1 Å². The van der Waals surface area contributed by atoms with Crippen molar-refractivity contribution in [3.8, 4) is 0 Å². The molecule has 6 nitrogen and oxygen atoms in total. The van der Waals surface area contributed by atoms with E-state index >= 15 is 0 Å². The van der Waals surface area contributed by atoms with Crippen molar-refractivity contribution in [2.75, 3.05) is 0 Å². The summed E-state index contributed by atoms with van der Waals surface area (Å²) in [6.45, 7) is 0. The van der Waals surface area contributed by atoms with Gasteiger partial charge in [0, 0.05) is 25.7 Å². The number of allylic oxidation sites excluding steroid dienone is 1. The molecule has 0 aromatic carbocycles. The number of amidine groups is 1. The standard InChI is InChI=1S/C6H3N3O.C4H6N2/c10-6-4-1-2-7-5(4)8-3-9-6;1-6-4-2-3-5-6/h1-3H;2-4H,1H3. The number of hydrogen-bond acceptors (Lipinski definition) is 4. The van der Waals surface area contributed by atoms with Crippen molar-refractivity contribution >= 4 is 24.3 Å². The molecule has 1 amide bonds. The van der Waals surface area contributed by atoms with Crippen LogP contribution >= 0.6 is 0 Å². The zero-order valence-electron chi connectivity index (χ0n) is 8.61. The second-order valence-corrected chi connectivity index (χ2v) is 3.04.